The zero-order valence-electron chi connectivity index (χ0n) is 14.6. The van der Waals surface area contributed by atoms with Crippen molar-refractivity contribution in [1.82, 2.24) is 0 Å². The zero-order chi connectivity index (χ0) is 17.4. The molecule has 124 valence electrons. The Morgan fingerprint density at radius 2 is 0.792 bits per heavy atom. The van der Waals surface area contributed by atoms with Crippen LogP contribution < -0.4 is 14.7 Å². The molecule has 24 heavy (non-hydrogen) atoms. The van der Waals surface area contributed by atoms with Gasteiger partial charge < -0.3 is 19.2 Å². The molecule has 0 aliphatic rings. The van der Waals surface area contributed by atoms with Gasteiger partial charge in [0.05, 0.1) is 10.9 Å². The van der Waals surface area contributed by atoms with E-state index in [0.29, 0.717) is 0 Å². The number of phosphoric acid groups is 1. The summed E-state index contributed by atoms with van der Waals surface area (Å²) in [6, 6.07) is 32.2. The molecule has 0 amide bonds. The molecule has 0 atom stereocenters. The van der Waals surface area contributed by atoms with Gasteiger partial charge >= 0.3 is 2.85 Å². The maximum Gasteiger partial charge on any atom is 1.00 e. The van der Waals surface area contributed by atoms with Gasteiger partial charge in [-0.25, -0.2) is 0 Å². The molecule has 0 bridgehead atoms. The van der Waals surface area contributed by atoms with Crippen molar-refractivity contribution in [2.75, 3.05) is 0 Å². The maximum absolute atomic E-state index is 8.55. The molecule has 3 aromatic carbocycles. The lowest BCUT2D eigenvalue weighted by atomic mass is 10.4. The Morgan fingerprint density at radius 1 is 0.583 bits per heavy atom. The van der Waals surface area contributed by atoms with E-state index in [-0.39, 0.29) is 13.7 Å². The van der Waals surface area contributed by atoms with E-state index in [1.54, 1.807) is 0 Å². The summed E-state index contributed by atoms with van der Waals surface area (Å²) in [5.41, 5.74) is 0. The highest BCUT2D eigenvalue weighted by molar-refractivity contribution is 7.97. The van der Waals surface area contributed by atoms with Crippen LogP contribution in [0.3, 0.4) is 0 Å². The van der Waals surface area contributed by atoms with Crippen LogP contribution in [0.25, 0.3) is 0 Å². The normalized spacial score (nSPS) is 10.8. The topological polar surface area (TPSA) is 86.2 Å². The largest absolute Gasteiger partial charge is 1.00 e. The first-order chi connectivity index (χ1) is 11.4. The zero-order valence-corrected chi connectivity index (χ0v) is 14.4. The van der Waals surface area contributed by atoms with Crippen molar-refractivity contribution in [3.63, 3.8) is 0 Å². The second kappa shape index (κ2) is 8.83. The number of hydrogen-bond acceptors (Lipinski definition) is 4. The van der Waals surface area contributed by atoms with Gasteiger partial charge in [-0.1, -0.05) is 54.6 Å². The third-order valence-corrected chi connectivity index (χ3v) is 5.17. The van der Waals surface area contributed by atoms with Crippen molar-refractivity contribution < 1.29 is 22.1 Å². The second-order valence-electron chi connectivity index (χ2n) is 4.69. The van der Waals surface area contributed by atoms with E-state index in [4.69, 9.17) is 19.2 Å². The van der Waals surface area contributed by atoms with E-state index in [1.807, 2.05) is 0 Å². The van der Waals surface area contributed by atoms with Gasteiger partial charge in [-0.3, -0.25) is 0 Å². The Balaban J connectivity index is 0.000000798. The Bertz CT molecular complexity index is 684. The molecule has 0 aromatic heterocycles. The van der Waals surface area contributed by atoms with Crippen molar-refractivity contribution in [1.29, 1.82) is 0 Å². The molecule has 0 aliphatic carbocycles. The van der Waals surface area contributed by atoms with Crippen LogP contribution in [0.5, 0.6) is 0 Å². The van der Waals surface area contributed by atoms with Crippen molar-refractivity contribution in [3.8, 4) is 0 Å². The molecule has 3 aromatic rings. The minimum absolute atomic E-state index is 0. The molecule has 0 spiro atoms. The molecule has 4 nitrogen and oxygen atoms in total. The summed E-state index contributed by atoms with van der Waals surface area (Å²) in [7, 11) is -5.40. The predicted molar refractivity (Wildman–Crippen MR) is 91.3 cm³/mol. The van der Waals surface area contributed by atoms with Crippen molar-refractivity contribution in [2.45, 2.75) is 14.7 Å². The summed E-state index contributed by atoms with van der Waals surface area (Å²) in [5, 5.41) is 0. The lowest BCUT2D eigenvalue weighted by Gasteiger charge is -2.36. The van der Waals surface area contributed by atoms with Crippen LogP contribution in [0, 0.1) is 0 Å². The van der Waals surface area contributed by atoms with E-state index in [2.05, 4.69) is 91.0 Å². The standard InChI is InChI=1S/C18H15S.H3O4P/c1-4-10-16(11-5-1)19(17-12-6-2-7-13-17)18-14-8-3-9-15-18;1-5(2,3)4/h1-15H;(H3,1,2,3,4)/q+1;/p-1. The van der Waals surface area contributed by atoms with Crippen LogP contribution in [-0.4, -0.2) is 0 Å². The fourth-order valence-corrected chi connectivity index (χ4v) is 4.18. The summed E-state index contributed by atoms with van der Waals surface area (Å²) in [5.74, 6) is 0. The van der Waals surface area contributed by atoms with Crippen LogP contribution in [0.1, 0.15) is 2.85 Å². The minimum atomic E-state index is -5.39. The Labute approximate surface area is 147 Å². The molecule has 0 fully saturated rings. The average molecular weight is 360 g/mol. The Morgan fingerprint density at radius 3 is 1.00 bits per heavy atom. The van der Waals surface area contributed by atoms with E-state index >= 15 is 0 Å². The lowest BCUT2D eigenvalue weighted by Crippen LogP contribution is -2.24. The number of rotatable bonds is 3. The van der Waals surface area contributed by atoms with Gasteiger partial charge in [-0.15, -0.1) is 0 Å². The summed E-state index contributed by atoms with van der Waals surface area (Å²) >= 11 is 0. The highest BCUT2D eigenvalue weighted by Crippen LogP contribution is 2.30. The summed E-state index contributed by atoms with van der Waals surface area (Å²) in [6.45, 7) is 0. The van der Waals surface area contributed by atoms with Gasteiger partial charge in [0.15, 0.2) is 14.7 Å². The van der Waals surface area contributed by atoms with E-state index in [0.717, 1.165) is 0 Å². The number of hydrogen-bond donors (Lipinski definition) is 0. The summed E-state index contributed by atoms with van der Waals surface area (Å²) in [4.78, 5) is 29.7. The molecule has 0 saturated carbocycles. The molecule has 0 saturated heterocycles. The van der Waals surface area contributed by atoms with Gasteiger partial charge in [-0.2, -0.15) is 7.82 Å². The first-order valence-electron chi connectivity index (χ1n) is 7.07. The van der Waals surface area contributed by atoms with Crippen molar-refractivity contribution >= 4 is 18.7 Å². The molecule has 0 radical (unpaired) electrons. The first-order valence-corrected chi connectivity index (χ1v) is 9.76. The van der Waals surface area contributed by atoms with Crippen LogP contribution >= 0.6 is 7.82 Å². The van der Waals surface area contributed by atoms with Crippen molar-refractivity contribution in [3.05, 3.63) is 91.0 Å². The maximum atomic E-state index is 8.55. The number of benzene rings is 3. The van der Waals surface area contributed by atoms with Crippen LogP contribution in [0.15, 0.2) is 106 Å². The van der Waals surface area contributed by atoms with E-state index in [9.17, 15) is 0 Å². The summed E-state index contributed by atoms with van der Waals surface area (Å²) in [6.07, 6.45) is 0. The quantitative estimate of drug-likeness (QED) is 0.529. The molecule has 0 N–H and O–H groups in total. The summed E-state index contributed by atoms with van der Waals surface area (Å²) < 4.78 is 8.55. The smallest absolute Gasteiger partial charge is 0.822 e. The molecular formula is C18H17O4PS. The van der Waals surface area contributed by atoms with Crippen LogP contribution in [0.4, 0.5) is 0 Å². The molecule has 6 heteroatoms. The predicted octanol–water partition coefficient (Wildman–Crippen LogP) is 2.18. The minimum Gasteiger partial charge on any atom is -0.822 e. The van der Waals surface area contributed by atoms with Crippen LogP contribution in [0.2, 0.25) is 0 Å². The first kappa shape index (κ1) is 18.5. The Kier molecular flexibility index (Phi) is 6.79. The monoisotopic (exact) mass is 360 g/mol. The van der Waals surface area contributed by atoms with Gasteiger partial charge in [0.25, 0.3) is 0 Å². The van der Waals surface area contributed by atoms with E-state index < -0.39 is 7.82 Å². The average Bonchev–Trinajstić information content (AvgIpc) is 2.57. The SMILES string of the molecule is O=P([O-])([O-])[O-].[H+].[H+].c1ccc([S+](c2ccccc2)c2ccccc2)cc1. The van der Waals surface area contributed by atoms with Gasteiger partial charge in [0, 0.05) is 0 Å². The molecule has 3 rings (SSSR count). The fourth-order valence-electron chi connectivity index (χ4n) is 2.08. The van der Waals surface area contributed by atoms with Crippen molar-refractivity contribution in [2.24, 2.45) is 0 Å². The highest BCUT2D eigenvalue weighted by atomic mass is 32.2. The van der Waals surface area contributed by atoms with E-state index in [1.165, 1.54) is 14.7 Å². The van der Waals surface area contributed by atoms with Gasteiger partial charge in [0.1, 0.15) is 0 Å². The van der Waals surface area contributed by atoms with Crippen LogP contribution in [-0.2, 0) is 15.5 Å². The third kappa shape index (κ3) is 6.32. The Hall–Kier alpha value is -1.88. The fraction of sp³-hybridized carbons (Fsp3) is 0. The second-order valence-corrected chi connectivity index (χ2v) is 7.61. The molecule has 0 unspecified atom stereocenters. The van der Waals surface area contributed by atoms with Gasteiger partial charge in [0.2, 0.25) is 0 Å². The third-order valence-electron chi connectivity index (χ3n) is 2.94. The molecule has 0 heterocycles. The molecule has 0 aliphatic heterocycles. The van der Waals surface area contributed by atoms with Gasteiger partial charge in [-0.05, 0) is 36.4 Å². The molecular weight excluding hydrogens is 343 g/mol. The highest BCUT2D eigenvalue weighted by Gasteiger charge is 2.27. The lowest BCUT2D eigenvalue weighted by molar-refractivity contribution is -0.432.